The van der Waals surface area contributed by atoms with Gasteiger partial charge < -0.3 is 5.32 Å². The lowest BCUT2D eigenvalue weighted by Gasteiger charge is -2.24. The van der Waals surface area contributed by atoms with Gasteiger partial charge in [0.05, 0.1) is 0 Å². The molecule has 1 N–H and O–H groups in total. The number of nitrogens with zero attached hydrogens (tertiary/aromatic N) is 2. The quantitative estimate of drug-likeness (QED) is 0.837. The predicted octanol–water partition coefficient (Wildman–Crippen LogP) is 1.57. The van der Waals surface area contributed by atoms with E-state index in [2.05, 4.69) is 28.2 Å². The first-order valence-electron chi connectivity index (χ1n) is 6.68. The van der Waals surface area contributed by atoms with Crippen molar-refractivity contribution in [3.8, 4) is 0 Å². The van der Waals surface area contributed by atoms with E-state index in [1.54, 1.807) is 0 Å². The van der Waals surface area contributed by atoms with Gasteiger partial charge in [0.15, 0.2) is 0 Å². The number of fused-ring (bicyclic) bond motifs is 1. The Kier molecular flexibility index (Phi) is 3.12. The number of likely N-dealkylation sites (tertiary alicyclic amines) is 1. The summed E-state index contributed by atoms with van der Waals surface area (Å²) in [6, 6.07) is 2.84. The van der Waals surface area contributed by atoms with E-state index in [9.17, 15) is 0 Å². The summed E-state index contributed by atoms with van der Waals surface area (Å²) in [5, 5.41) is 3.65. The van der Waals surface area contributed by atoms with Crippen molar-refractivity contribution < 1.29 is 0 Å². The molecule has 0 radical (unpaired) electrons. The van der Waals surface area contributed by atoms with Crippen molar-refractivity contribution in [3.05, 3.63) is 29.6 Å². The molecule has 0 bridgehead atoms. The Bertz CT molecular complexity index is 377. The van der Waals surface area contributed by atoms with Gasteiger partial charge in [-0.2, -0.15) is 0 Å². The number of aryl methyl sites for hydroxylation is 1. The Morgan fingerprint density at radius 3 is 3.24 bits per heavy atom. The number of hydrogen-bond acceptors (Lipinski definition) is 3. The van der Waals surface area contributed by atoms with Gasteiger partial charge in [0, 0.05) is 38.1 Å². The molecule has 2 aliphatic heterocycles. The van der Waals surface area contributed by atoms with E-state index in [1.807, 2.05) is 12.4 Å². The van der Waals surface area contributed by atoms with Gasteiger partial charge in [-0.1, -0.05) is 0 Å². The van der Waals surface area contributed by atoms with Gasteiger partial charge in [0.1, 0.15) is 0 Å². The smallest absolute Gasteiger partial charge is 0.0315 e. The normalized spacial score (nSPS) is 29.2. The van der Waals surface area contributed by atoms with Crippen LogP contribution in [0.3, 0.4) is 0 Å². The van der Waals surface area contributed by atoms with Gasteiger partial charge in [-0.05, 0) is 49.4 Å². The lowest BCUT2D eigenvalue weighted by Crippen LogP contribution is -2.40. The second-order valence-corrected chi connectivity index (χ2v) is 5.46. The maximum atomic E-state index is 4.24. The van der Waals surface area contributed by atoms with E-state index in [4.69, 9.17) is 0 Å². The van der Waals surface area contributed by atoms with E-state index >= 15 is 0 Å². The van der Waals surface area contributed by atoms with Gasteiger partial charge in [-0.15, -0.1) is 0 Å². The van der Waals surface area contributed by atoms with Crippen LogP contribution in [0.5, 0.6) is 0 Å². The van der Waals surface area contributed by atoms with Crippen LogP contribution in [-0.4, -0.2) is 35.6 Å². The number of aromatic nitrogens is 1. The average molecular weight is 231 g/mol. The molecule has 0 aromatic carbocycles. The van der Waals surface area contributed by atoms with Crippen LogP contribution in [0, 0.1) is 12.8 Å². The molecule has 0 aliphatic carbocycles. The maximum absolute atomic E-state index is 4.24. The second kappa shape index (κ2) is 4.75. The highest BCUT2D eigenvalue weighted by Crippen LogP contribution is 2.26. The monoisotopic (exact) mass is 231 g/mol. The zero-order valence-electron chi connectivity index (χ0n) is 10.5. The SMILES string of the molecule is Cc1ccncc1CN1C[C@@H]2CCCN[C@@H]2C1. The molecule has 2 fully saturated rings. The Morgan fingerprint density at radius 2 is 2.41 bits per heavy atom. The standard InChI is InChI=1S/C14H21N3/c1-11-4-6-15-7-13(11)9-17-8-12-3-2-5-16-14(12)10-17/h4,6-7,12,14,16H,2-3,5,8-10H2,1H3/t12-,14+/m0/s1. The van der Waals surface area contributed by atoms with Crippen molar-refractivity contribution in [2.45, 2.75) is 32.4 Å². The zero-order valence-corrected chi connectivity index (χ0v) is 10.5. The van der Waals surface area contributed by atoms with Gasteiger partial charge in [0.25, 0.3) is 0 Å². The summed E-state index contributed by atoms with van der Waals surface area (Å²) in [6.45, 7) is 6.92. The molecule has 3 nitrogen and oxygen atoms in total. The van der Waals surface area contributed by atoms with Crippen molar-refractivity contribution in [1.29, 1.82) is 0 Å². The molecule has 0 amide bonds. The van der Waals surface area contributed by atoms with Crippen molar-refractivity contribution in [1.82, 2.24) is 15.2 Å². The molecule has 3 rings (SSSR count). The average Bonchev–Trinajstić information content (AvgIpc) is 2.74. The number of pyridine rings is 1. The Morgan fingerprint density at radius 1 is 1.47 bits per heavy atom. The summed E-state index contributed by atoms with van der Waals surface area (Å²) in [5.74, 6) is 0.876. The fraction of sp³-hybridized carbons (Fsp3) is 0.643. The number of piperidine rings is 1. The van der Waals surface area contributed by atoms with Crippen LogP contribution in [0.15, 0.2) is 18.5 Å². The fourth-order valence-corrected chi connectivity index (χ4v) is 3.17. The Balaban J connectivity index is 1.65. The molecule has 3 heteroatoms. The largest absolute Gasteiger partial charge is 0.312 e. The summed E-state index contributed by atoms with van der Waals surface area (Å²) < 4.78 is 0. The van der Waals surface area contributed by atoms with Crippen LogP contribution >= 0.6 is 0 Å². The minimum atomic E-state index is 0.737. The predicted molar refractivity (Wildman–Crippen MR) is 68.8 cm³/mol. The fourth-order valence-electron chi connectivity index (χ4n) is 3.17. The van der Waals surface area contributed by atoms with E-state index in [0.717, 1.165) is 18.5 Å². The minimum absolute atomic E-state index is 0.737. The number of rotatable bonds is 2. The molecule has 17 heavy (non-hydrogen) atoms. The molecule has 2 saturated heterocycles. The number of hydrogen-bond donors (Lipinski definition) is 1. The van der Waals surface area contributed by atoms with E-state index in [1.165, 1.54) is 43.6 Å². The molecule has 0 saturated carbocycles. The van der Waals surface area contributed by atoms with E-state index in [-0.39, 0.29) is 0 Å². The molecule has 92 valence electrons. The summed E-state index contributed by atoms with van der Waals surface area (Å²) in [5.41, 5.74) is 2.74. The molecule has 3 heterocycles. The third-order valence-electron chi connectivity index (χ3n) is 4.22. The van der Waals surface area contributed by atoms with Gasteiger partial charge in [-0.3, -0.25) is 9.88 Å². The third kappa shape index (κ3) is 2.35. The van der Waals surface area contributed by atoms with Crippen molar-refractivity contribution in [2.24, 2.45) is 5.92 Å². The van der Waals surface area contributed by atoms with Crippen LogP contribution < -0.4 is 5.32 Å². The van der Waals surface area contributed by atoms with Crippen molar-refractivity contribution >= 4 is 0 Å². The molecular formula is C14H21N3. The Labute approximate surface area is 103 Å². The lowest BCUT2D eigenvalue weighted by atomic mass is 9.94. The van der Waals surface area contributed by atoms with Crippen LogP contribution in [0.1, 0.15) is 24.0 Å². The summed E-state index contributed by atoms with van der Waals surface area (Å²) in [4.78, 5) is 6.82. The first-order valence-corrected chi connectivity index (χ1v) is 6.68. The highest BCUT2D eigenvalue weighted by atomic mass is 15.2. The first-order chi connectivity index (χ1) is 8.33. The molecule has 2 atom stereocenters. The van der Waals surface area contributed by atoms with E-state index < -0.39 is 0 Å². The van der Waals surface area contributed by atoms with Gasteiger partial charge >= 0.3 is 0 Å². The highest BCUT2D eigenvalue weighted by molar-refractivity contribution is 5.21. The summed E-state index contributed by atoms with van der Waals surface area (Å²) in [7, 11) is 0. The molecule has 0 unspecified atom stereocenters. The molecule has 2 aliphatic rings. The minimum Gasteiger partial charge on any atom is -0.312 e. The number of nitrogens with one attached hydrogen (secondary N) is 1. The highest BCUT2D eigenvalue weighted by Gasteiger charge is 2.33. The molecular weight excluding hydrogens is 210 g/mol. The van der Waals surface area contributed by atoms with Gasteiger partial charge in [-0.25, -0.2) is 0 Å². The molecule has 1 aromatic heterocycles. The second-order valence-electron chi connectivity index (χ2n) is 5.46. The maximum Gasteiger partial charge on any atom is 0.0315 e. The van der Waals surface area contributed by atoms with E-state index in [0.29, 0.717) is 0 Å². The van der Waals surface area contributed by atoms with Gasteiger partial charge in [0.2, 0.25) is 0 Å². The first kappa shape index (κ1) is 11.2. The van der Waals surface area contributed by atoms with Crippen LogP contribution in [0.2, 0.25) is 0 Å². The summed E-state index contributed by atoms with van der Waals surface area (Å²) >= 11 is 0. The Hall–Kier alpha value is -0.930. The lowest BCUT2D eigenvalue weighted by molar-refractivity contribution is 0.312. The zero-order chi connectivity index (χ0) is 11.7. The third-order valence-corrected chi connectivity index (χ3v) is 4.22. The van der Waals surface area contributed by atoms with Crippen molar-refractivity contribution in [2.75, 3.05) is 19.6 Å². The van der Waals surface area contributed by atoms with Crippen LogP contribution in [-0.2, 0) is 6.54 Å². The topological polar surface area (TPSA) is 28.2 Å². The van der Waals surface area contributed by atoms with Crippen molar-refractivity contribution in [3.63, 3.8) is 0 Å². The van der Waals surface area contributed by atoms with Crippen LogP contribution in [0.25, 0.3) is 0 Å². The molecule has 1 aromatic rings. The van der Waals surface area contributed by atoms with Crippen LogP contribution in [0.4, 0.5) is 0 Å². The summed E-state index contributed by atoms with van der Waals surface area (Å²) in [6.07, 6.45) is 6.65. The molecule has 0 spiro atoms.